The van der Waals surface area contributed by atoms with Gasteiger partial charge in [-0.2, -0.15) is 0 Å². The third-order valence-electron chi connectivity index (χ3n) is 3.62. The molecule has 2 aromatic carbocycles. The van der Waals surface area contributed by atoms with Gasteiger partial charge in [-0.25, -0.2) is 4.79 Å². The number of aromatic amines is 1. The lowest BCUT2D eigenvalue weighted by atomic mass is 10.1. The summed E-state index contributed by atoms with van der Waals surface area (Å²) in [5.41, 5.74) is 2.12. The summed E-state index contributed by atoms with van der Waals surface area (Å²) in [7, 11) is 1.61. The van der Waals surface area contributed by atoms with Crippen LogP contribution < -0.4 is 15.3 Å². The van der Waals surface area contributed by atoms with E-state index < -0.39 is 5.97 Å². The summed E-state index contributed by atoms with van der Waals surface area (Å²) in [6, 6.07) is 14.3. The number of methoxy groups -OCH3 is 1. The maximum atomic E-state index is 10.9. The van der Waals surface area contributed by atoms with E-state index in [-0.39, 0.29) is 5.56 Å². The number of carbonyl (C=O) groups is 1. The second-order valence-electron chi connectivity index (χ2n) is 5.25. The van der Waals surface area contributed by atoms with Crippen molar-refractivity contribution in [3.05, 3.63) is 59.7 Å². The zero-order valence-corrected chi connectivity index (χ0v) is 14.3. The van der Waals surface area contributed by atoms with Gasteiger partial charge in [-0.3, -0.25) is 5.84 Å². The highest BCUT2D eigenvalue weighted by Crippen LogP contribution is 2.23. The molecule has 0 fully saturated rings. The van der Waals surface area contributed by atoms with Crippen molar-refractivity contribution in [1.82, 2.24) is 10.2 Å². The van der Waals surface area contributed by atoms with E-state index >= 15 is 0 Å². The number of carboxylic acid groups (broad SMARTS) is 1. The second-order valence-corrected chi connectivity index (χ2v) is 6.19. The number of ether oxygens (including phenoxy) is 1. The highest BCUT2D eigenvalue weighted by atomic mass is 32.2. The molecule has 7 nitrogen and oxygen atoms in total. The molecule has 0 unspecified atom stereocenters. The summed E-state index contributed by atoms with van der Waals surface area (Å²) in [6.07, 6.45) is 0. The number of rotatable bonds is 6. The highest BCUT2D eigenvalue weighted by molar-refractivity contribution is 7.98. The minimum absolute atomic E-state index is 0.266. The first-order valence-electron chi connectivity index (χ1n) is 7.43. The summed E-state index contributed by atoms with van der Waals surface area (Å²) in [5.74, 6) is 7.23. The number of nitrogens with zero attached hydrogens (tertiary/aromatic N) is 2. The molecule has 0 amide bonds. The largest absolute Gasteiger partial charge is 0.497 e. The molecule has 0 saturated heterocycles. The SMILES string of the molecule is COc1cccc(-c2[nH]nc(SCc3ccc(C(=O)O)cc3)[n+]2N)c1. The second kappa shape index (κ2) is 7.27. The smallest absolute Gasteiger partial charge is 0.358 e. The van der Waals surface area contributed by atoms with Crippen molar-refractivity contribution in [2.45, 2.75) is 10.9 Å². The van der Waals surface area contributed by atoms with Gasteiger partial charge in [0.25, 0.3) is 5.82 Å². The van der Waals surface area contributed by atoms with E-state index in [1.165, 1.54) is 16.4 Å². The fourth-order valence-corrected chi connectivity index (χ4v) is 3.10. The fourth-order valence-electron chi connectivity index (χ4n) is 2.27. The van der Waals surface area contributed by atoms with Gasteiger partial charge in [0.1, 0.15) is 5.75 Å². The lowest BCUT2D eigenvalue weighted by molar-refractivity contribution is -0.666. The Balaban J connectivity index is 1.74. The van der Waals surface area contributed by atoms with Crippen molar-refractivity contribution < 1.29 is 19.3 Å². The number of aromatic nitrogens is 3. The van der Waals surface area contributed by atoms with Crippen LogP contribution in [0, 0.1) is 0 Å². The maximum Gasteiger partial charge on any atom is 0.358 e. The molecule has 4 N–H and O–H groups in total. The Hall–Kier alpha value is -3.00. The minimum Gasteiger partial charge on any atom is -0.497 e. The Labute approximate surface area is 148 Å². The van der Waals surface area contributed by atoms with E-state index in [4.69, 9.17) is 15.7 Å². The molecular weight excluding hydrogens is 340 g/mol. The summed E-state index contributed by atoms with van der Waals surface area (Å²) in [5, 5.41) is 16.7. The van der Waals surface area contributed by atoms with Crippen molar-refractivity contribution in [3.8, 4) is 17.1 Å². The van der Waals surface area contributed by atoms with Crippen LogP contribution in [0.4, 0.5) is 0 Å². The van der Waals surface area contributed by atoms with Crippen molar-refractivity contribution in [3.63, 3.8) is 0 Å². The summed E-state index contributed by atoms with van der Waals surface area (Å²) in [4.78, 5) is 10.9. The molecule has 25 heavy (non-hydrogen) atoms. The van der Waals surface area contributed by atoms with Crippen LogP contribution in [0.15, 0.2) is 53.7 Å². The number of hydrogen-bond donors (Lipinski definition) is 3. The van der Waals surface area contributed by atoms with E-state index in [2.05, 4.69) is 10.2 Å². The molecule has 0 bridgehead atoms. The molecule has 1 aromatic heterocycles. The van der Waals surface area contributed by atoms with Gasteiger partial charge >= 0.3 is 11.1 Å². The minimum atomic E-state index is -0.936. The average molecular weight is 357 g/mol. The van der Waals surface area contributed by atoms with Crippen molar-refractivity contribution in [2.24, 2.45) is 0 Å². The summed E-state index contributed by atoms with van der Waals surface area (Å²) < 4.78 is 6.71. The molecule has 0 radical (unpaired) electrons. The molecule has 0 spiro atoms. The molecule has 0 saturated carbocycles. The Kier molecular flexibility index (Phi) is 4.90. The van der Waals surface area contributed by atoms with Crippen LogP contribution in [-0.2, 0) is 5.75 Å². The molecule has 8 heteroatoms. The number of nitrogens with one attached hydrogen (secondary N) is 1. The summed E-state index contributed by atoms with van der Waals surface area (Å²) >= 11 is 1.46. The van der Waals surface area contributed by atoms with Crippen molar-refractivity contribution >= 4 is 17.7 Å². The Morgan fingerprint density at radius 2 is 2.08 bits per heavy atom. The molecule has 1 heterocycles. The first-order chi connectivity index (χ1) is 12.1. The van der Waals surface area contributed by atoms with Gasteiger partial charge in [-0.15, -0.1) is 9.77 Å². The molecule has 128 valence electrons. The van der Waals surface area contributed by atoms with Gasteiger partial charge in [-0.05, 0) is 47.7 Å². The zero-order chi connectivity index (χ0) is 17.8. The predicted molar refractivity (Wildman–Crippen MR) is 93.9 cm³/mol. The molecule has 3 aromatic rings. The number of nitrogen functional groups attached to an aromatic ring is 1. The van der Waals surface area contributed by atoms with E-state index in [9.17, 15) is 4.79 Å². The van der Waals surface area contributed by atoms with Gasteiger partial charge in [0.15, 0.2) is 0 Å². The first kappa shape index (κ1) is 16.8. The first-order valence-corrected chi connectivity index (χ1v) is 8.42. The molecule has 3 rings (SSSR count). The van der Waals surface area contributed by atoms with Gasteiger partial charge in [0, 0.05) is 5.75 Å². The number of benzene rings is 2. The topological polar surface area (TPSA) is 105 Å². The number of nitrogens with two attached hydrogens (primary N) is 1. The Morgan fingerprint density at radius 3 is 2.76 bits per heavy atom. The van der Waals surface area contributed by atoms with Crippen molar-refractivity contribution in [2.75, 3.05) is 13.0 Å². The Bertz CT molecular complexity index is 893. The fraction of sp³-hybridized carbons (Fsp3) is 0.118. The van der Waals surface area contributed by atoms with Gasteiger partial charge in [0.05, 0.1) is 23.3 Å². The number of aromatic carboxylic acids is 1. The molecular formula is C17H17N4O3S+. The van der Waals surface area contributed by atoms with E-state index in [0.717, 1.165) is 16.9 Å². The van der Waals surface area contributed by atoms with Crippen LogP contribution in [-0.4, -0.2) is 28.4 Å². The number of carboxylic acids is 1. The summed E-state index contributed by atoms with van der Waals surface area (Å²) in [6.45, 7) is 0. The average Bonchev–Trinajstić information content (AvgIpc) is 3.01. The van der Waals surface area contributed by atoms with Crippen LogP contribution >= 0.6 is 11.8 Å². The van der Waals surface area contributed by atoms with Gasteiger partial charge in [0.2, 0.25) is 0 Å². The van der Waals surface area contributed by atoms with Gasteiger partial charge in [-0.1, -0.05) is 18.2 Å². The van der Waals surface area contributed by atoms with E-state index in [1.54, 1.807) is 31.4 Å². The molecule has 0 aliphatic heterocycles. The number of H-pyrrole nitrogens is 1. The normalized spacial score (nSPS) is 10.6. The van der Waals surface area contributed by atoms with E-state index in [1.807, 2.05) is 24.3 Å². The molecule has 0 atom stereocenters. The quantitative estimate of drug-likeness (QED) is 0.354. The lowest BCUT2D eigenvalue weighted by Gasteiger charge is -2.02. The molecule has 0 aliphatic rings. The third kappa shape index (κ3) is 3.74. The standard InChI is InChI=1S/C17H16N4O3S/c1-24-14-4-2-3-13(9-14)15-19-20-17(21(15)18)25-10-11-5-7-12(8-6-11)16(22)23/h2-9H,10,18H2,1H3,(H,22,23)/p+1. The molecule has 0 aliphatic carbocycles. The van der Waals surface area contributed by atoms with Crippen LogP contribution in [0.1, 0.15) is 15.9 Å². The predicted octanol–water partition coefficient (Wildman–Crippen LogP) is 2.08. The maximum absolute atomic E-state index is 10.9. The zero-order valence-electron chi connectivity index (χ0n) is 13.5. The van der Waals surface area contributed by atoms with Gasteiger partial charge < -0.3 is 9.84 Å². The number of thioether (sulfide) groups is 1. The third-order valence-corrected chi connectivity index (χ3v) is 4.64. The van der Waals surface area contributed by atoms with Crippen molar-refractivity contribution in [1.29, 1.82) is 0 Å². The van der Waals surface area contributed by atoms with Crippen LogP contribution in [0.5, 0.6) is 5.75 Å². The monoisotopic (exact) mass is 357 g/mol. The number of hydrogen-bond acceptors (Lipinski definition) is 5. The van der Waals surface area contributed by atoms with E-state index in [0.29, 0.717) is 16.7 Å². The van der Waals surface area contributed by atoms with Crippen LogP contribution in [0.3, 0.4) is 0 Å². The highest BCUT2D eigenvalue weighted by Gasteiger charge is 2.20. The Morgan fingerprint density at radius 1 is 1.32 bits per heavy atom. The van der Waals surface area contributed by atoms with Crippen LogP contribution in [0.2, 0.25) is 0 Å². The lowest BCUT2D eigenvalue weighted by Crippen LogP contribution is -2.46. The van der Waals surface area contributed by atoms with Crippen LogP contribution in [0.25, 0.3) is 11.4 Å².